The van der Waals surface area contributed by atoms with Crippen LogP contribution in [0.5, 0.6) is 0 Å². The van der Waals surface area contributed by atoms with Gasteiger partial charge in [0.05, 0.1) is 0 Å². The molecule has 2 aliphatic heterocycles. The molecule has 2 saturated heterocycles. The number of piperidine rings is 2. The molecule has 13 heavy (non-hydrogen) atoms. The first-order valence-electron chi connectivity index (χ1n) is 4.58. The van der Waals surface area contributed by atoms with Crippen LogP contribution in [0.15, 0.2) is 0 Å². The Bertz CT molecular complexity index is 155. The molecule has 0 amide bonds. The van der Waals surface area contributed by atoms with Gasteiger partial charge in [-0.25, -0.2) is 0 Å². The van der Waals surface area contributed by atoms with Gasteiger partial charge in [-0.1, -0.05) is 6.92 Å². The van der Waals surface area contributed by atoms with Gasteiger partial charge < -0.3 is 9.69 Å². The zero-order valence-electron chi connectivity index (χ0n) is 8.57. The Hall–Kier alpha value is -0.810. The zero-order valence-corrected chi connectivity index (χ0v) is 8.57. The van der Waals surface area contributed by atoms with Crippen LogP contribution in [-0.2, 0) is 4.79 Å². The third kappa shape index (κ3) is 2.57. The van der Waals surface area contributed by atoms with E-state index >= 15 is 0 Å². The minimum atomic E-state index is 1.04. The molecule has 0 radical (unpaired) electrons. The summed E-state index contributed by atoms with van der Waals surface area (Å²) in [6.07, 6.45) is 9.52. The lowest BCUT2D eigenvalue weighted by Crippen LogP contribution is -2.52. The van der Waals surface area contributed by atoms with Gasteiger partial charge in [0, 0.05) is 13.1 Å². The Kier molecular flexibility index (Phi) is 5.41. The summed E-state index contributed by atoms with van der Waals surface area (Å²) in [6.45, 7) is 7.13. The van der Waals surface area contributed by atoms with Crippen LogP contribution in [-0.4, -0.2) is 31.8 Å². The molecule has 74 valence electrons. The lowest BCUT2D eigenvalue weighted by molar-refractivity contribution is -0.0979. The highest BCUT2D eigenvalue weighted by atomic mass is 16.1. The summed E-state index contributed by atoms with van der Waals surface area (Å²) in [6, 6.07) is 0. The summed E-state index contributed by atoms with van der Waals surface area (Å²) < 4.78 is 0. The molecule has 0 N–H and O–H groups in total. The highest BCUT2D eigenvalue weighted by Gasteiger charge is 2.42. The molecule has 2 bridgehead atoms. The summed E-state index contributed by atoms with van der Waals surface area (Å²) in [5.74, 6) is 3.14. The molecule has 0 aromatic rings. The summed E-state index contributed by atoms with van der Waals surface area (Å²) >= 11 is 0. The maximum Gasteiger partial charge on any atom is 0.106 e. The molecular weight excluding hydrogens is 162 g/mol. The molecule has 2 heteroatoms. The summed E-state index contributed by atoms with van der Waals surface area (Å²) in [7, 11) is 2.24. The van der Waals surface area contributed by atoms with Crippen molar-refractivity contribution in [3.63, 3.8) is 0 Å². The highest BCUT2D eigenvalue weighted by Crippen LogP contribution is 2.44. The standard InChI is InChI=1S/C8H15N.C2H2.CH2O/c1-6-7-3-8(6)5-9(2)4-7;2*1-2/h6-8H,3-5H2,1-2H3;1-2H;1H2. The molecule has 3 aliphatic rings. The third-order valence-electron chi connectivity index (χ3n) is 3.19. The molecule has 0 aromatic heterocycles. The lowest BCUT2D eigenvalue weighted by atomic mass is 9.63. The predicted octanol–water partition coefficient (Wildman–Crippen LogP) is 1.27. The lowest BCUT2D eigenvalue weighted by Gasteiger charge is -2.51. The second-order valence-electron chi connectivity index (χ2n) is 3.84. The maximum atomic E-state index is 8.00. The van der Waals surface area contributed by atoms with Gasteiger partial charge in [-0.3, -0.25) is 0 Å². The van der Waals surface area contributed by atoms with E-state index in [0.29, 0.717) is 0 Å². The van der Waals surface area contributed by atoms with Crippen LogP contribution in [0.25, 0.3) is 0 Å². The van der Waals surface area contributed by atoms with Crippen LogP contribution in [0.2, 0.25) is 0 Å². The van der Waals surface area contributed by atoms with Crippen molar-refractivity contribution in [3.05, 3.63) is 0 Å². The van der Waals surface area contributed by atoms with Gasteiger partial charge >= 0.3 is 0 Å². The van der Waals surface area contributed by atoms with E-state index in [0.717, 1.165) is 17.8 Å². The summed E-state index contributed by atoms with van der Waals surface area (Å²) in [5.41, 5.74) is 0. The number of hydrogen-bond acceptors (Lipinski definition) is 2. The molecule has 2 heterocycles. The van der Waals surface area contributed by atoms with Crippen molar-refractivity contribution in [2.75, 3.05) is 20.1 Å². The Labute approximate surface area is 81.3 Å². The van der Waals surface area contributed by atoms with Crippen LogP contribution >= 0.6 is 0 Å². The van der Waals surface area contributed by atoms with E-state index in [9.17, 15) is 0 Å². The minimum Gasteiger partial charge on any atom is -0.307 e. The Balaban J connectivity index is 0.000000322. The SMILES string of the molecule is C#C.C=O.CC1C2CC1CN(C)C2. The number of fused-ring (bicyclic) bond motifs is 2. The topological polar surface area (TPSA) is 20.3 Å². The molecule has 0 spiro atoms. The smallest absolute Gasteiger partial charge is 0.106 e. The second kappa shape index (κ2) is 5.77. The zero-order chi connectivity index (χ0) is 10.4. The molecule has 1 saturated carbocycles. The maximum absolute atomic E-state index is 8.00. The summed E-state index contributed by atoms with van der Waals surface area (Å²) in [5, 5.41) is 0. The number of rotatable bonds is 0. The van der Waals surface area contributed by atoms with Crippen molar-refractivity contribution >= 4 is 6.79 Å². The fourth-order valence-electron chi connectivity index (χ4n) is 2.36. The van der Waals surface area contributed by atoms with Crippen LogP contribution in [0, 0.1) is 30.6 Å². The van der Waals surface area contributed by atoms with Gasteiger partial charge in [0.1, 0.15) is 6.79 Å². The van der Waals surface area contributed by atoms with Crippen LogP contribution in [0.1, 0.15) is 13.3 Å². The van der Waals surface area contributed by atoms with Crippen molar-refractivity contribution in [1.82, 2.24) is 4.90 Å². The van der Waals surface area contributed by atoms with Crippen LogP contribution in [0.3, 0.4) is 0 Å². The van der Waals surface area contributed by atoms with E-state index in [1.807, 2.05) is 6.79 Å². The van der Waals surface area contributed by atoms with E-state index in [1.165, 1.54) is 19.5 Å². The van der Waals surface area contributed by atoms with Gasteiger partial charge in [-0.2, -0.15) is 0 Å². The van der Waals surface area contributed by atoms with Crippen molar-refractivity contribution in [2.24, 2.45) is 17.8 Å². The largest absolute Gasteiger partial charge is 0.307 e. The fourth-order valence-corrected chi connectivity index (χ4v) is 2.36. The first-order chi connectivity index (χ1) is 6.27. The molecule has 1 aliphatic carbocycles. The number of carbonyl (C=O) groups excluding carboxylic acids is 1. The second-order valence-corrected chi connectivity index (χ2v) is 3.84. The van der Waals surface area contributed by atoms with Gasteiger partial charge in [-0.05, 0) is 31.2 Å². The van der Waals surface area contributed by atoms with Crippen LogP contribution in [0.4, 0.5) is 0 Å². The Morgan fingerprint density at radius 3 is 1.85 bits per heavy atom. The average molecular weight is 181 g/mol. The number of terminal acetylenes is 1. The van der Waals surface area contributed by atoms with Crippen molar-refractivity contribution in [1.29, 1.82) is 0 Å². The van der Waals surface area contributed by atoms with E-state index in [-0.39, 0.29) is 0 Å². The van der Waals surface area contributed by atoms with E-state index in [4.69, 9.17) is 4.79 Å². The van der Waals surface area contributed by atoms with E-state index in [2.05, 4.69) is 31.7 Å². The first-order valence-corrected chi connectivity index (χ1v) is 4.58. The quantitative estimate of drug-likeness (QED) is 0.524. The highest BCUT2D eigenvalue weighted by molar-refractivity contribution is 5.11. The Morgan fingerprint density at radius 2 is 1.62 bits per heavy atom. The minimum absolute atomic E-state index is 1.04. The van der Waals surface area contributed by atoms with Crippen molar-refractivity contribution in [2.45, 2.75) is 13.3 Å². The monoisotopic (exact) mass is 181 g/mol. The molecule has 2 unspecified atom stereocenters. The van der Waals surface area contributed by atoms with Gasteiger partial charge in [-0.15, -0.1) is 12.8 Å². The van der Waals surface area contributed by atoms with Gasteiger partial charge in [0.2, 0.25) is 0 Å². The van der Waals surface area contributed by atoms with Crippen molar-refractivity contribution in [3.8, 4) is 12.8 Å². The molecule has 3 fully saturated rings. The number of hydrogen-bond donors (Lipinski definition) is 0. The first kappa shape index (κ1) is 12.2. The molecule has 2 nitrogen and oxygen atoms in total. The van der Waals surface area contributed by atoms with Gasteiger partial charge in [0.25, 0.3) is 0 Å². The van der Waals surface area contributed by atoms with E-state index < -0.39 is 0 Å². The summed E-state index contributed by atoms with van der Waals surface area (Å²) in [4.78, 5) is 10.5. The van der Waals surface area contributed by atoms with E-state index in [1.54, 1.807) is 0 Å². The van der Waals surface area contributed by atoms with Gasteiger partial charge in [0.15, 0.2) is 0 Å². The Morgan fingerprint density at radius 1 is 1.23 bits per heavy atom. The van der Waals surface area contributed by atoms with Crippen molar-refractivity contribution < 1.29 is 4.79 Å². The molecule has 0 aromatic carbocycles. The van der Waals surface area contributed by atoms with Crippen LogP contribution < -0.4 is 0 Å². The average Bonchev–Trinajstić information content (AvgIpc) is 2.23. The molecular formula is C11H19NO. The molecule has 2 atom stereocenters. The fraction of sp³-hybridized carbons (Fsp3) is 0.727. The third-order valence-corrected chi connectivity index (χ3v) is 3.19. The predicted molar refractivity (Wildman–Crippen MR) is 55.3 cm³/mol. The molecule has 3 rings (SSSR count). The number of carbonyl (C=O) groups is 1. The number of nitrogens with zero attached hydrogens (tertiary/aromatic N) is 1. The normalized spacial score (nSPS) is 35.5.